The zero-order valence-corrected chi connectivity index (χ0v) is 13.5. The van der Waals surface area contributed by atoms with E-state index in [1.807, 2.05) is 6.07 Å². The molecule has 0 aliphatic heterocycles. The highest BCUT2D eigenvalue weighted by Crippen LogP contribution is 2.38. The summed E-state index contributed by atoms with van der Waals surface area (Å²) in [5.74, 6) is 0.265. The van der Waals surface area contributed by atoms with Crippen molar-refractivity contribution < 1.29 is 5.11 Å². The lowest BCUT2D eigenvalue weighted by atomic mass is 10.0. The third-order valence-electron chi connectivity index (χ3n) is 3.14. The van der Waals surface area contributed by atoms with Gasteiger partial charge in [0.2, 0.25) is 0 Å². The van der Waals surface area contributed by atoms with E-state index < -0.39 is 0 Å². The molecule has 0 saturated heterocycles. The van der Waals surface area contributed by atoms with E-state index in [1.54, 1.807) is 0 Å². The molecule has 0 aliphatic rings. The van der Waals surface area contributed by atoms with Crippen LogP contribution >= 0.6 is 31.9 Å². The second-order valence-corrected chi connectivity index (χ2v) is 6.18. The van der Waals surface area contributed by atoms with Crippen LogP contribution in [0.3, 0.4) is 0 Å². The van der Waals surface area contributed by atoms with Crippen LogP contribution in [-0.2, 0) is 6.42 Å². The Kier molecular flexibility index (Phi) is 4.68. The first-order valence-electron chi connectivity index (χ1n) is 6.23. The van der Waals surface area contributed by atoms with Gasteiger partial charge in [-0.05, 0) is 67.1 Å². The summed E-state index contributed by atoms with van der Waals surface area (Å²) in [4.78, 5) is 0. The minimum Gasteiger partial charge on any atom is -0.506 e. The van der Waals surface area contributed by atoms with Gasteiger partial charge in [-0.15, -0.1) is 0 Å². The van der Waals surface area contributed by atoms with Gasteiger partial charge in [-0.2, -0.15) is 0 Å². The molecule has 0 fully saturated rings. The summed E-state index contributed by atoms with van der Waals surface area (Å²) in [5, 5.41) is 12.1. The molecule has 1 nitrogen and oxygen atoms in total. The minimum atomic E-state index is 0.265. The molecule has 0 aliphatic carbocycles. The quantitative estimate of drug-likeness (QED) is 0.673. The molecule has 0 bridgehead atoms. The molecule has 0 atom stereocenters. The number of benzene rings is 2. The van der Waals surface area contributed by atoms with Gasteiger partial charge in [0.15, 0.2) is 0 Å². The Bertz CT molecular complexity index is 564. The van der Waals surface area contributed by atoms with Gasteiger partial charge in [-0.25, -0.2) is 0 Å². The van der Waals surface area contributed by atoms with Crippen LogP contribution in [0.15, 0.2) is 33.2 Å². The molecule has 0 heterocycles. The standard InChI is InChI=1S/C15H16Br2O/c1-2-3-4-5-10-6-7-12-11(8-10)9-13(16)15(18)14(12)17/h6-9,18H,2-5H2,1H3. The molecular formula is C15H16Br2O. The molecule has 2 aromatic rings. The number of unbranched alkanes of at least 4 members (excludes halogenated alkanes) is 2. The topological polar surface area (TPSA) is 20.2 Å². The maximum atomic E-state index is 9.85. The van der Waals surface area contributed by atoms with Crippen molar-refractivity contribution >= 4 is 42.6 Å². The molecule has 0 unspecified atom stereocenters. The van der Waals surface area contributed by atoms with E-state index in [0.717, 1.165) is 26.1 Å². The van der Waals surface area contributed by atoms with Gasteiger partial charge in [0.25, 0.3) is 0 Å². The Labute approximate surface area is 124 Å². The van der Waals surface area contributed by atoms with Crippen molar-refractivity contribution in [3.05, 3.63) is 38.8 Å². The summed E-state index contributed by atoms with van der Waals surface area (Å²) in [6, 6.07) is 8.40. The van der Waals surface area contributed by atoms with E-state index in [0.29, 0.717) is 0 Å². The Morgan fingerprint density at radius 1 is 1.11 bits per heavy atom. The summed E-state index contributed by atoms with van der Waals surface area (Å²) in [6.45, 7) is 2.22. The Morgan fingerprint density at radius 2 is 1.89 bits per heavy atom. The van der Waals surface area contributed by atoms with E-state index in [1.165, 1.54) is 24.8 Å². The van der Waals surface area contributed by atoms with E-state index in [-0.39, 0.29) is 5.75 Å². The minimum absolute atomic E-state index is 0.265. The molecule has 0 aromatic heterocycles. The highest BCUT2D eigenvalue weighted by Gasteiger charge is 2.09. The molecule has 1 N–H and O–H groups in total. The predicted octanol–water partition coefficient (Wildman–Crippen LogP) is 5.80. The number of aryl methyl sites for hydroxylation is 1. The number of aromatic hydroxyl groups is 1. The molecule has 2 aromatic carbocycles. The van der Waals surface area contributed by atoms with Gasteiger partial charge >= 0.3 is 0 Å². The van der Waals surface area contributed by atoms with Gasteiger partial charge in [-0.1, -0.05) is 38.0 Å². The first-order chi connectivity index (χ1) is 8.63. The van der Waals surface area contributed by atoms with Gasteiger partial charge in [0.1, 0.15) is 5.75 Å². The number of rotatable bonds is 4. The summed E-state index contributed by atoms with van der Waals surface area (Å²) in [5.41, 5.74) is 1.36. The van der Waals surface area contributed by atoms with Crippen molar-refractivity contribution in [3.8, 4) is 5.75 Å². The van der Waals surface area contributed by atoms with Crippen molar-refractivity contribution in [2.75, 3.05) is 0 Å². The molecular weight excluding hydrogens is 356 g/mol. The summed E-state index contributed by atoms with van der Waals surface area (Å²) >= 11 is 6.82. The molecule has 96 valence electrons. The van der Waals surface area contributed by atoms with Crippen LogP contribution in [0.25, 0.3) is 10.8 Å². The van der Waals surface area contributed by atoms with Gasteiger partial charge in [0, 0.05) is 0 Å². The summed E-state index contributed by atoms with van der Waals surface area (Å²) in [7, 11) is 0. The Balaban J connectivity index is 2.37. The molecule has 0 spiro atoms. The molecule has 2 rings (SSSR count). The lowest BCUT2D eigenvalue weighted by molar-refractivity contribution is 0.469. The van der Waals surface area contributed by atoms with Crippen LogP contribution in [0.1, 0.15) is 31.7 Å². The highest BCUT2D eigenvalue weighted by atomic mass is 79.9. The van der Waals surface area contributed by atoms with Gasteiger partial charge < -0.3 is 5.11 Å². The first-order valence-corrected chi connectivity index (χ1v) is 7.81. The third kappa shape index (κ3) is 2.89. The van der Waals surface area contributed by atoms with Crippen molar-refractivity contribution in [3.63, 3.8) is 0 Å². The van der Waals surface area contributed by atoms with Crippen LogP contribution in [0.4, 0.5) is 0 Å². The number of hydrogen-bond donors (Lipinski definition) is 1. The van der Waals surface area contributed by atoms with Gasteiger partial charge in [-0.3, -0.25) is 0 Å². The Hall–Kier alpha value is -0.540. The van der Waals surface area contributed by atoms with Crippen LogP contribution in [0, 0.1) is 0 Å². The lowest BCUT2D eigenvalue weighted by Gasteiger charge is -2.08. The van der Waals surface area contributed by atoms with E-state index in [4.69, 9.17) is 0 Å². The number of phenols is 1. The Morgan fingerprint density at radius 3 is 2.61 bits per heavy atom. The lowest BCUT2D eigenvalue weighted by Crippen LogP contribution is -1.87. The summed E-state index contributed by atoms with van der Waals surface area (Å²) in [6.07, 6.45) is 4.89. The zero-order valence-electron chi connectivity index (χ0n) is 10.3. The fourth-order valence-electron chi connectivity index (χ4n) is 2.10. The zero-order chi connectivity index (χ0) is 13.1. The number of phenolic OH excluding ortho intramolecular Hbond substituents is 1. The maximum absolute atomic E-state index is 9.85. The van der Waals surface area contributed by atoms with E-state index in [2.05, 4.69) is 57.0 Å². The molecule has 0 saturated carbocycles. The molecule has 0 radical (unpaired) electrons. The fourth-order valence-corrected chi connectivity index (χ4v) is 3.39. The third-order valence-corrected chi connectivity index (χ3v) is 4.55. The van der Waals surface area contributed by atoms with Crippen molar-refractivity contribution in [2.45, 2.75) is 32.6 Å². The largest absolute Gasteiger partial charge is 0.506 e. The van der Waals surface area contributed by atoms with Crippen LogP contribution in [0.5, 0.6) is 5.75 Å². The van der Waals surface area contributed by atoms with Crippen LogP contribution < -0.4 is 0 Å². The molecule has 0 amide bonds. The second kappa shape index (κ2) is 6.07. The summed E-state index contributed by atoms with van der Waals surface area (Å²) < 4.78 is 1.49. The number of halogens is 2. The van der Waals surface area contributed by atoms with Crippen LogP contribution in [-0.4, -0.2) is 5.11 Å². The average molecular weight is 372 g/mol. The first kappa shape index (κ1) is 13.9. The van der Waals surface area contributed by atoms with Crippen molar-refractivity contribution in [2.24, 2.45) is 0 Å². The smallest absolute Gasteiger partial charge is 0.144 e. The average Bonchev–Trinajstić information content (AvgIpc) is 2.36. The van der Waals surface area contributed by atoms with E-state index >= 15 is 0 Å². The predicted molar refractivity (Wildman–Crippen MR) is 84.2 cm³/mol. The highest BCUT2D eigenvalue weighted by molar-refractivity contribution is 9.11. The van der Waals surface area contributed by atoms with Crippen LogP contribution in [0.2, 0.25) is 0 Å². The SMILES string of the molecule is CCCCCc1ccc2c(Br)c(O)c(Br)cc2c1. The van der Waals surface area contributed by atoms with Crippen molar-refractivity contribution in [1.29, 1.82) is 0 Å². The van der Waals surface area contributed by atoms with Crippen molar-refractivity contribution in [1.82, 2.24) is 0 Å². The van der Waals surface area contributed by atoms with Gasteiger partial charge in [0.05, 0.1) is 8.95 Å². The molecule has 3 heteroatoms. The second-order valence-electron chi connectivity index (χ2n) is 4.53. The van der Waals surface area contributed by atoms with E-state index in [9.17, 15) is 5.11 Å². The number of fused-ring (bicyclic) bond motifs is 1. The molecule has 18 heavy (non-hydrogen) atoms. The fraction of sp³-hybridized carbons (Fsp3) is 0.333. The maximum Gasteiger partial charge on any atom is 0.144 e. The normalized spacial score (nSPS) is 11.1. The monoisotopic (exact) mass is 370 g/mol. The number of hydrogen-bond acceptors (Lipinski definition) is 1.